The van der Waals surface area contributed by atoms with E-state index in [1.54, 1.807) is 11.3 Å². The summed E-state index contributed by atoms with van der Waals surface area (Å²) in [7, 11) is 0. The monoisotopic (exact) mass is 402 g/mol. The lowest BCUT2D eigenvalue weighted by molar-refractivity contribution is 0.391. The van der Waals surface area contributed by atoms with Gasteiger partial charge in [-0.2, -0.15) is 0 Å². The van der Waals surface area contributed by atoms with Gasteiger partial charge in [-0.3, -0.25) is 4.98 Å². The van der Waals surface area contributed by atoms with Gasteiger partial charge in [0.1, 0.15) is 0 Å². The highest BCUT2D eigenvalue weighted by Gasteiger charge is 2.21. The topological polar surface area (TPSA) is 25.8 Å². The Morgan fingerprint density at radius 1 is 1.03 bits per heavy atom. The first-order valence-electron chi connectivity index (χ1n) is 11.2. The summed E-state index contributed by atoms with van der Waals surface area (Å²) in [4.78, 5) is 10.8. The SMILES string of the molecule is Cc1ncc(-c2ccc3c(c2)CCc2nc(CC4CCCCC(C)C4)ccc2-3)s1. The van der Waals surface area contributed by atoms with Crippen molar-refractivity contribution in [3.63, 3.8) is 0 Å². The van der Waals surface area contributed by atoms with Crippen LogP contribution in [0.25, 0.3) is 21.6 Å². The molecule has 2 nitrogen and oxygen atoms in total. The van der Waals surface area contributed by atoms with E-state index in [-0.39, 0.29) is 0 Å². The smallest absolute Gasteiger partial charge is 0.0900 e. The van der Waals surface area contributed by atoms with Gasteiger partial charge < -0.3 is 0 Å². The van der Waals surface area contributed by atoms with Crippen molar-refractivity contribution in [2.45, 2.75) is 65.2 Å². The fourth-order valence-corrected chi connectivity index (χ4v) is 6.05. The van der Waals surface area contributed by atoms with E-state index in [9.17, 15) is 0 Å². The minimum absolute atomic E-state index is 0.819. The van der Waals surface area contributed by atoms with E-state index < -0.39 is 0 Å². The Morgan fingerprint density at radius 3 is 2.76 bits per heavy atom. The number of aryl methyl sites for hydroxylation is 3. The minimum Gasteiger partial charge on any atom is -0.257 e. The molecule has 1 saturated carbocycles. The van der Waals surface area contributed by atoms with Gasteiger partial charge in [-0.05, 0) is 73.3 Å². The third kappa shape index (κ3) is 4.02. The molecule has 0 aliphatic heterocycles. The Labute approximate surface area is 178 Å². The van der Waals surface area contributed by atoms with Gasteiger partial charge in [-0.15, -0.1) is 11.3 Å². The Bertz CT molecular complexity index is 1020. The number of nitrogens with zero attached hydrogens (tertiary/aromatic N) is 2. The highest BCUT2D eigenvalue weighted by molar-refractivity contribution is 7.15. The Kier molecular flexibility index (Phi) is 5.26. The molecule has 2 aliphatic carbocycles. The maximum absolute atomic E-state index is 5.14. The lowest BCUT2D eigenvalue weighted by Crippen LogP contribution is -2.11. The molecule has 0 spiro atoms. The molecule has 2 aromatic heterocycles. The van der Waals surface area contributed by atoms with Crippen LogP contribution in [0, 0.1) is 18.8 Å². The molecule has 150 valence electrons. The molecule has 5 rings (SSSR count). The molecule has 2 aliphatic rings. The van der Waals surface area contributed by atoms with Crippen LogP contribution in [-0.4, -0.2) is 9.97 Å². The fraction of sp³-hybridized carbons (Fsp3) is 0.462. The molecule has 1 aromatic carbocycles. The van der Waals surface area contributed by atoms with Crippen LogP contribution in [0.1, 0.15) is 61.0 Å². The van der Waals surface area contributed by atoms with Gasteiger partial charge in [0.05, 0.1) is 9.88 Å². The van der Waals surface area contributed by atoms with Crippen LogP contribution in [0.2, 0.25) is 0 Å². The molecule has 0 bridgehead atoms. The molecule has 2 heterocycles. The van der Waals surface area contributed by atoms with Crippen LogP contribution in [0.4, 0.5) is 0 Å². The number of hydrogen-bond acceptors (Lipinski definition) is 3. The van der Waals surface area contributed by atoms with Crippen molar-refractivity contribution in [2.75, 3.05) is 0 Å². The van der Waals surface area contributed by atoms with Gasteiger partial charge in [0.15, 0.2) is 0 Å². The first kappa shape index (κ1) is 19.0. The number of pyridine rings is 1. The summed E-state index contributed by atoms with van der Waals surface area (Å²) < 4.78 is 0. The maximum atomic E-state index is 5.14. The zero-order valence-corrected chi connectivity index (χ0v) is 18.4. The molecule has 2 unspecified atom stereocenters. The highest BCUT2D eigenvalue weighted by atomic mass is 32.1. The van der Waals surface area contributed by atoms with Crippen LogP contribution in [0.15, 0.2) is 36.5 Å². The van der Waals surface area contributed by atoms with Crippen molar-refractivity contribution in [3.05, 3.63) is 58.5 Å². The number of hydrogen-bond donors (Lipinski definition) is 0. The maximum Gasteiger partial charge on any atom is 0.0900 e. The largest absolute Gasteiger partial charge is 0.257 e. The predicted molar refractivity (Wildman–Crippen MR) is 122 cm³/mol. The summed E-state index contributed by atoms with van der Waals surface area (Å²) in [6, 6.07) is 11.6. The highest BCUT2D eigenvalue weighted by Crippen LogP contribution is 2.37. The van der Waals surface area contributed by atoms with E-state index in [4.69, 9.17) is 4.98 Å². The molecular weight excluding hydrogens is 372 g/mol. The lowest BCUT2D eigenvalue weighted by Gasteiger charge is -2.22. The third-order valence-corrected chi connectivity index (χ3v) is 7.72. The van der Waals surface area contributed by atoms with Crippen molar-refractivity contribution in [1.29, 1.82) is 0 Å². The average Bonchev–Trinajstić information content (AvgIpc) is 3.06. The summed E-state index contributed by atoms with van der Waals surface area (Å²) >= 11 is 1.77. The lowest BCUT2D eigenvalue weighted by atomic mass is 9.86. The average molecular weight is 403 g/mol. The summed E-state index contributed by atoms with van der Waals surface area (Å²) in [5.74, 6) is 1.70. The quantitative estimate of drug-likeness (QED) is 0.439. The van der Waals surface area contributed by atoms with Crippen molar-refractivity contribution >= 4 is 11.3 Å². The standard InChI is InChI=1S/C26H30N2S/c1-17-5-3-4-6-19(13-17)14-22-9-11-24-23-10-7-21(26-16-27-18(2)29-26)15-20(23)8-12-25(24)28-22/h7,9-11,15-17,19H,3-6,8,12-14H2,1-2H3. The van der Waals surface area contributed by atoms with E-state index in [0.29, 0.717) is 0 Å². The zero-order valence-electron chi connectivity index (χ0n) is 17.6. The molecule has 1 fully saturated rings. The normalized spacial score (nSPS) is 21.3. The third-order valence-electron chi connectivity index (χ3n) is 6.76. The number of rotatable bonds is 3. The van der Waals surface area contributed by atoms with E-state index in [1.807, 2.05) is 6.20 Å². The van der Waals surface area contributed by atoms with Crippen molar-refractivity contribution < 1.29 is 0 Å². The molecule has 3 heteroatoms. The second-order valence-electron chi connectivity index (χ2n) is 9.11. The number of aromatic nitrogens is 2. The van der Waals surface area contributed by atoms with E-state index in [2.05, 4.69) is 49.2 Å². The Balaban J connectivity index is 1.39. The van der Waals surface area contributed by atoms with Crippen LogP contribution >= 0.6 is 11.3 Å². The second-order valence-corrected chi connectivity index (χ2v) is 10.3. The first-order chi connectivity index (χ1) is 14.2. The van der Waals surface area contributed by atoms with Gasteiger partial charge in [-0.25, -0.2) is 4.98 Å². The van der Waals surface area contributed by atoms with Gasteiger partial charge in [0.2, 0.25) is 0 Å². The predicted octanol–water partition coefficient (Wildman–Crippen LogP) is 7.04. The number of benzene rings is 1. The van der Waals surface area contributed by atoms with Gasteiger partial charge in [-0.1, -0.05) is 50.8 Å². The number of thiazole rings is 1. The van der Waals surface area contributed by atoms with Gasteiger partial charge in [0, 0.05) is 23.1 Å². The Hall–Kier alpha value is -2.00. The molecule has 29 heavy (non-hydrogen) atoms. The Morgan fingerprint density at radius 2 is 1.90 bits per heavy atom. The molecule has 2 atom stereocenters. The molecule has 3 aromatic rings. The van der Waals surface area contributed by atoms with Crippen LogP contribution in [0.5, 0.6) is 0 Å². The second kappa shape index (κ2) is 8.02. The zero-order chi connectivity index (χ0) is 19.8. The van der Waals surface area contributed by atoms with Crippen molar-refractivity contribution in [1.82, 2.24) is 9.97 Å². The van der Waals surface area contributed by atoms with Gasteiger partial charge in [0.25, 0.3) is 0 Å². The molecule has 0 saturated heterocycles. The van der Waals surface area contributed by atoms with Crippen molar-refractivity contribution in [3.8, 4) is 21.6 Å². The summed E-state index contributed by atoms with van der Waals surface area (Å²) in [5, 5.41) is 1.13. The molecular formula is C26H30N2S. The van der Waals surface area contributed by atoms with E-state index >= 15 is 0 Å². The van der Waals surface area contributed by atoms with Crippen molar-refractivity contribution in [2.24, 2.45) is 11.8 Å². The molecule has 0 amide bonds. The molecule has 0 N–H and O–H groups in total. The van der Waals surface area contributed by atoms with Crippen LogP contribution < -0.4 is 0 Å². The summed E-state index contributed by atoms with van der Waals surface area (Å²) in [6.45, 7) is 4.50. The minimum atomic E-state index is 0.819. The van der Waals surface area contributed by atoms with E-state index in [0.717, 1.165) is 36.1 Å². The number of fused-ring (bicyclic) bond motifs is 3. The van der Waals surface area contributed by atoms with Crippen LogP contribution in [-0.2, 0) is 19.3 Å². The fourth-order valence-electron chi connectivity index (χ4n) is 5.27. The summed E-state index contributed by atoms with van der Waals surface area (Å²) in [5.41, 5.74) is 8.08. The van der Waals surface area contributed by atoms with Crippen LogP contribution in [0.3, 0.4) is 0 Å². The first-order valence-corrected chi connectivity index (χ1v) is 12.0. The van der Waals surface area contributed by atoms with E-state index in [1.165, 1.54) is 70.6 Å². The summed E-state index contributed by atoms with van der Waals surface area (Å²) in [6.07, 6.45) is 12.3. The van der Waals surface area contributed by atoms with Gasteiger partial charge >= 0.3 is 0 Å². The molecule has 0 radical (unpaired) electrons.